The van der Waals surface area contributed by atoms with Crippen LogP contribution in [0.25, 0.3) is 0 Å². The van der Waals surface area contributed by atoms with Gasteiger partial charge in [0.15, 0.2) is 6.10 Å². The molecule has 6 nitrogen and oxygen atoms in total. The summed E-state index contributed by atoms with van der Waals surface area (Å²) in [6.07, 6.45) is -0.671. The molecule has 2 rings (SSSR count). The maximum Gasteiger partial charge on any atom is 0.302 e. The first-order valence-electron chi connectivity index (χ1n) is 6.97. The van der Waals surface area contributed by atoms with Crippen molar-refractivity contribution in [2.24, 2.45) is 0 Å². The molecule has 1 spiro atoms. The smallest absolute Gasteiger partial charge is 0.302 e. The zero-order chi connectivity index (χ0) is 16.2. The number of rotatable bonds is 1. The van der Waals surface area contributed by atoms with E-state index in [1.165, 1.54) is 13.0 Å². The fourth-order valence-corrected chi connectivity index (χ4v) is 2.43. The molecule has 0 aromatic rings. The second-order valence-electron chi connectivity index (χ2n) is 5.08. The van der Waals surface area contributed by atoms with Gasteiger partial charge in [0.05, 0.1) is 6.61 Å². The van der Waals surface area contributed by atoms with Crippen molar-refractivity contribution in [3.05, 3.63) is 11.8 Å². The summed E-state index contributed by atoms with van der Waals surface area (Å²) in [5.74, 6) is 8.80. The Morgan fingerprint density at radius 3 is 2.82 bits per heavy atom. The normalized spacial score (nSPS) is 35.1. The molecule has 0 unspecified atom stereocenters. The van der Waals surface area contributed by atoms with Gasteiger partial charge in [-0.1, -0.05) is 11.8 Å². The quantitative estimate of drug-likeness (QED) is 0.527. The zero-order valence-electron chi connectivity index (χ0n) is 12.5. The maximum absolute atomic E-state index is 10.9. The van der Waals surface area contributed by atoms with Crippen LogP contribution in [0.3, 0.4) is 0 Å². The van der Waals surface area contributed by atoms with Gasteiger partial charge >= 0.3 is 5.97 Å². The van der Waals surface area contributed by atoms with Gasteiger partial charge in [-0.2, -0.15) is 0 Å². The molecule has 0 bridgehead atoms. The molecule has 2 heterocycles. The van der Waals surface area contributed by atoms with Crippen LogP contribution in [0, 0.1) is 23.7 Å². The Kier molecular flexibility index (Phi) is 5.10. The largest absolute Gasteiger partial charge is 0.460 e. The Bertz CT molecular complexity index is 577. The molecular weight excluding hydrogens is 288 g/mol. The van der Waals surface area contributed by atoms with E-state index in [9.17, 15) is 15.0 Å². The van der Waals surface area contributed by atoms with Crippen LogP contribution in [0.2, 0.25) is 0 Å². The molecule has 2 aliphatic rings. The number of hydrogen-bond acceptors (Lipinski definition) is 6. The third-order valence-corrected chi connectivity index (χ3v) is 3.47. The van der Waals surface area contributed by atoms with Crippen LogP contribution in [0.15, 0.2) is 11.8 Å². The van der Waals surface area contributed by atoms with Crippen molar-refractivity contribution in [1.29, 1.82) is 0 Å². The van der Waals surface area contributed by atoms with Crippen LogP contribution in [0.1, 0.15) is 26.7 Å². The van der Waals surface area contributed by atoms with Crippen LogP contribution in [0.5, 0.6) is 0 Å². The predicted molar refractivity (Wildman–Crippen MR) is 75.9 cm³/mol. The van der Waals surface area contributed by atoms with Crippen LogP contribution in [0.4, 0.5) is 0 Å². The van der Waals surface area contributed by atoms with E-state index in [0.717, 1.165) is 0 Å². The number of allylic oxidation sites excluding steroid dienone is 1. The van der Waals surface area contributed by atoms with Crippen LogP contribution in [-0.4, -0.2) is 46.9 Å². The van der Waals surface area contributed by atoms with Gasteiger partial charge in [-0.15, -0.1) is 0 Å². The molecule has 2 saturated heterocycles. The lowest BCUT2D eigenvalue weighted by Crippen LogP contribution is -2.50. The van der Waals surface area contributed by atoms with Crippen molar-refractivity contribution in [3.63, 3.8) is 0 Å². The number of hydrogen-bond donors (Lipinski definition) is 2. The van der Waals surface area contributed by atoms with Crippen molar-refractivity contribution in [1.82, 2.24) is 0 Å². The number of aliphatic hydroxyl groups is 2. The summed E-state index contributed by atoms with van der Waals surface area (Å²) in [4.78, 5) is 10.9. The molecule has 0 aromatic carbocycles. The van der Waals surface area contributed by atoms with Crippen molar-refractivity contribution in [2.45, 2.75) is 50.8 Å². The Hall–Kier alpha value is -1.99. The number of aliphatic hydroxyl groups excluding tert-OH is 2. The molecule has 0 aromatic heterocycles. The van der Waals surface area contributed by atoms with Crippen LogP contribution >= 0.6 is 0 Å². The Labute approximate surface area is 129 Å². The minimum absolute atomic E-state index is 0.101. The van der Waals surface area contributed by atoms with E-state index in [2.05, 4.69) is 23.7 Å². The van der Waals surface area contributed by atoms with E-state index in [1.807, 2.05) is 0 Å². The standard InChI is InChI=1S/C16H18O6/c1-3-4-5-6-7-13-14(18)15(19)16(22-13)9-8-12(10-20-16)21-11(2)17/h7,12,14-15,18-19H,8-10H2,1-2H3/t12-,14+,15-,16+/m1/s1. The van der Waals surface area contributed by atoms with Gasteiger partial charge in [0.25, 0.3) is 0 Å². The average Bonchev–Trinajstić information content (AvgIpc) is 2.71. The summed E-state index contributed by atoms with van der Waals surface area (Å²) in [5, 5.41) is 20.2. The summed E-state index contributed by atoms with van der Waals surface area (Å²) in [6, 6.07) is 0. The lowest BCUT2D eigenvalue weighted by atomic mass is 9.97. The molecule has 2 fully saturated rings. The highest BCUT2D eigenvalue weighted by Crippen LogP contribution is 2.41. The summed E-state index contributed by atoms with van der Waals surface area (Å²) in [5.41, 5.74) is 0. The highest BCUT2D eigenvalue weighted by molar-refractivity contribution is 5.66. The van der Waals surface area contributed by atoms with Gasteiger partial charge < -0.3 is 24.4 Å². The fourth-order valence-electron chi connectivity index (χ4n) is 2.43. The Morgan fingerprint density at radius 2 is 2.23 bits per heavy atom. The molecule has 0 aliphatic carbocycles. The van der Waals surface area contributed by atoms with Crippen molar-refractivity contribution >= 4 is 5.97 Å². The van der Waals surface area contributed by atoms with Crippen LogP contribution in [-0.2, 0) is 19.0 Å². The molecule has 6 heteroatoms. The second-order valence-corrected chi connectivity index (χ2v) is 5.08. The minimum Gasteiger partial charge on any atom is -0.460 e. The molecular formula is C16H18O6. The summed E-state index contributed by atoms with van der Waals surface area (Å²) >= 11 is 0. The number of carbonyl (C=O) groups is 1. The molecule has 2 aliphatic heterocycles. The molecule has 22 heavy (non-hydrogen) atoms. The first kappa shape index (κ1) is 16.4. The molecule has 4 atom stereocenters. The zero-order valence-corrected chi connectivity index (χ0v) is 12.5. The monoisotopic (exact) mass is 306 g/mol. The van der Waals surface area contributed by atoms with Crippen molar-refractivity contribution in [3.8, 4) is 23.7 Å². The SMILES string of the molecule is CC#CC#CC=C1O[C@@]2(CC[C@@H](OC(C)=O)CO2)[C@H](O)[C@H]1O. The maximum atomic E-state index is 10.9. The summed E-state index contributed by atoms with van der Waals surface area (Å²) < 4.78 is 16.2. The number of ether oxygens (including phenoxy) is 3. The predicted octanol–water partition coefficient (Wildman–Crippen LogP) is 0.0874. The van der Waals surface area contributed by atoms with Gasteiger partial charge in [-0.3, -0.25) is 4.79 Å². The third-order valence-electron chi connectivity index (χ3n) is 3.47. The number of carbonyl (C=O) groups excluding carboxylic acids is 1. The van der Waals surface area contributed by atoms with Gasteiger partial charge in [0, 0.05) is 19.4 Å². The van der Waals surface area contributed by atoms with Gasteiger partial charge in [0.2, 0.25) is 5.79 Å². The second kappa shape index (κ2) is 6.85. The van der Waals surface area contributed by atoms with Crippen molar-refractivity contribution in [2.75, 3.05) is 6.61 Å². The average molecular weight is 306 g/mol. The lowest BCUT2D eigenvalue weighted by Gasteiger charge is -2.37. The molecule has 0 amide bonds. The summed E-state index contributed by atoms with van der Waals surface area (Å²) in [7, 11) is 0. The molecule has 2 N–H and O–H groups in total. The summed E-state index contributed by atoms with van der Waals surface area (Å²) in [6.45, 7) is 3.09. The first-order chi connectivity index (χ1) is 10.5. The first-order valence-corrected chi connectivity index (χ1v) is 6.97. The van der Waals surface area contributed by atoms with Gasteiger partial charge in [-0.05, 0) is 25.2 Å². The highest BCUT2D eigenvalue weighted by Gasteiger charge is 2.55. The van der Waals surface area contributed by atoms with E-state index in [0.29, 0.717) is 12.8 Å². The van der Waals surface area contributed by atoms with E-state index in [1.54, 1.807) is 6.92 Å². The minimum atomic E-state index is -1.32. The Morgan fingerprint density at radius 1 is 1.45 bits per heavy atom. The molecule has 0 saturated carbocycles. The molecule has 118 valence electrons. The lowest BCUT2D eigenvalue weighted by molar-refractivity contribution is -0.274. The van der Waals surface area contributed by atoms with Gasteiger partial charge in [0.1, 0.15) is 18.0 Å². The molecule has 0 radical (unpaired) electrons. The van der Waals surface area contributed by atoms with Crippen molar-refractivity contribution < 1.29 is 29.2 Å². The highest BCUT2D eigenvalue weighted by atomic mass is 16.7. The third kappa shape index (κ3) is 3.42. The number of esters is 1. The Balaban J connectivity index is 2.06. The van der Waals surface area contributed by atoms with E-state index in [-0.39, 0.29) is 24.4 Å². The van der Waals surface area contributed by atoms with E-state index < -0.39 is 18.0 Å². The fraction of sp³-hybridized carbons (Fsp3) is 0.562. The van der Waals surface area contributed by atoms with Gasteiger partial charge in [-0.25, -0.2) is 0 Å². The van der Waals surface area contributed by atoms with Crippen LogP contribution < -0.4 is 0 Å². The topological polar surface area (TPSA) is 85.2 Å². The van der Waals surface area contributed by atoms with E-state index >= 15 is 0 Å². The van der Waals surface area contributed by atoms with E-state index in [4.69, 9.17) is 14.2 Å².